The Bertz CT molecular complexity index is 1190. The van der Waals surface area contributed by atoms with E-state index in [1.54, 1.807) is 11.8 Å². The molecule has 9 nitrogen and oxygen atoms in total. The molecule has 0 bridgehead atoms. The molecule has 0 N–H and O–H groups in total. The fourth-order valence-corrected chi connectivity index (χ4v) is 5.33. The molecule has 0 radical (unpaired) electrons. The summed E-state index contributed by atoms with van der Waals surface area (Å²) in [6.07, 6.45) is 6.10. The summed E-state index contributed by atoms with van der Waals surface area (Å²) in [6, 6.07) is 10.7. The van der Waals surface area contributed by atoms with Crippen molar-refractivity contribution in [2.75, 3.05) is 56.2 Å². The first-order chi connectivity index (χ1) is 17.5. The fraction of sp³-hybridized carbons (Fsp3) is 0.481. The number of amides is 1. The Morgan fingerprint density at radius 2 is 1.81 bits per heavy atom. The van der Waals surface area contributed by atoms with E-state index in [4.69, 9.17) is 14.7 Å². The highest BCUT2D eigenvalue weighted by atomic mass is 16.5. The molecule has 0 unspecified atom stereocenters. The fourth-order valence-electron chi connectivity index (χ4n) is 5.33. The lowest BCUT2D eigenvalue weighted by Gasteiger charge is -2.37. The van der Waals surface area contributed by atoms with Crippen molar-refractivity contribution < 1.29 is 9.53 Å². The summed E-state index contributed by atoms with van der Waals surface area (Å²) in [5, 5.41) is 4.43. The first-order valence-corrected chi connectivity index (χ1v) is 12.7. The second-order valence-corrected chi connectivity index (χ2v) is 9.69. The quantitative estimate of drug-likeness (QED) is 0.505. The van der Waals surface area contributed by atoms with E-state index in [-0.39, 0.29) is 5.91 Å². The van der Waals surface area contributed by atoms with E-state index in [2.05, 4.69) is 39.2 Å². The number of benzene rings is 1. The Balaban J connectivity index is 1.25. The number of nitrogens with zero attached hydrogens (tertiary/aromatic N) is 7. The molecule has 1 amide bonds. The van der Waals surface area contributed by atoms with Gasteiger partial charge in [-0.25, -0.2) is 9.97 Å². The maximum Gasteiger partial charge on any atom is 0.244 e. The van der Waals surface area contributed by atoms with Gasteiger partial charge >= 0.3 is 0 Å². The summed E-state index contributed by atoms with van der Waals surface area (Å²) < 4.78 is 7.17. The van der Waals surface area contributed by atoms with E-state index in [0.29, 0.717) is 32.3 Å². The van der Waals surface area contributed by atoms with Crippen LogP contribution >= 0.6 is 0 Å². The molecule has 2 fully saturated rings. The van der Waals surface area contributed by atoms with Crippen LogP contribution in [0.25, 0.3) is 11.1 Å². The molecule has 190 valence electrons. The van der Waals surface area contributed by atoms with Crippen molar-refractivity contribution in [1.29, 1.82) is 0 Å². The minimum Gasteiger partial charge on any atom is -0.383 e. The predicted octanol–water partition coefficient (Wildman–Crippen LogP) is 2.92. The summed E-state index contributed by atoms with van der Waals surface area (Å²) in [7, 11) is 1.74. The highest BCUT2D eigenvalue weighted by Gasteiger charge is 2.27. The molecule has 0 saturated carbocycles. The zero-order chi connectivity index (χ0) is 25.1. The molecule has 36 heavy (non-hydrogen) atoms. The van der Waals surface area contributed by atoms with Crippen molar-refractivity contribution in [2.24, 2.45) is 0 Å². The molecule has 0 spiro atoms. The number of hydrogen-bond donors (Lipinski definition) is 0. The monoisotopic (exact) mass is 489 g/mol. The maximum atomic E-state index is 12.9. The third-order valence-corrected chi connectivity index (χ3v) is 7.21. The van der Waals surface area contributed by atoms with Crippen LogP contribution in [-0.4, -0.2) is 83.0 Å². The van der Waals surface area contributed by atoms with Crippen molar-refractivity contribution in [3.05, 3.63) is 54.1 Å². The number of para-hydroxylation sites is 1. The van der Waals surface area contributed by atoms with Crippen molar-refractivity contribution in [2.45, 2.75) is 39.3 Å². The lowest BCUT2D eigenvalue weighted by Crippen LogP contribution is -2.49. The van der Waals surface area contributed by atoms with E-state index in [1.807, 2.05) is 37.2 Å². The molecule has 2 aromatic heterocycles. The number of aryl methyl sites for hydroxylation is 2. The van der Waals surface area contributed by atoms with Gasteiger partial charge in [0.05, 0.1) is 18.3 Å². The van der Waals surface area contributed by atoms with Crippen LogP contribution in [0.3, 0.4) is 0 Å². The van der Waals surface area contributed by atoms with Gasteiger partial charge in [-0.05, 0) is 38.8 Å². The molecule has 2 saturated heterocycles. The van der Waals surface area contributed by atoms with Crippen LogP contribution in [0.1, 0.15) is 24.2 Å². The largest absolute Gasteiger partial charge is 0.383 e. The van der Waals surface area contributed by atoms with Gasteiger partial charge in [-0.1, -0.05) is 18.2 Å². The molecule has 1 atom stereocenters. The van der Waals surface area contributed by atoms with Crippen LogP contribution in [0.15, 0.2) is 42.7 Å². The second-order valence-electron chi connectivity index (χ2n) is 9.69. The standard InChI is InChI=1S/C27H35N7O2/c1-20-15-21(2)34(30-20)18-26(35)32-13-11-31(12-14-32)25-9-5-4-8-24(25)22-16-28-27(29-17-22)33-10-6-7-23(33)19-36-3/h4-5,8-9,15-17,23H,6-7,10-14,18-19H2,1-3H3/t23-/m0/s1. The van der Waals surface area contributed by atoms with E-state index < -0.39 is 0 Å². The number of anilines is 2. The van der Waals surface area contributed by atoms with Gasteiger partial charge in [0.2, 0.25) is 11.9 Å². The number of piperazine rings is 1. The highest BCUT2D eigenvalue weighted by Crippen LogP contribution is 2.32. The Labute approximate surface area is 212 Å². The van der Waals surface area contributed by atoms with Crippen LogP contribution < -0.4 is 9.80 Å². The van der Waals surface area contributed by atoms with Crippen molar-refractivity contribution in [3.8, 4) is 11.1 Å². The number of aromatic nitrogens is 4. The minimum atomic E-state index is 0.117. The SMILES string of the molecule is COC[C@@H]1CCCN1c1ncc(-c2ccccc2N2CCN(C(=O)Cn3nc(C)cc3C)CC2)cn1. The lowest BCUT2D eigenvalue weighted by molar-refractivity contribution is -0.132. The first kappa shape index (κ1) is 24.2. The Kier molecular flexibility index (Phi) is 7.18. The van der Waals surface area contributed by atoms with Gasteiger partial charge in [-0.2, -0.15) is 5.10 Å². The average Bonchev–Trinajstić information content (AvgIpc) is 3.49. The first-order valence-electron chi connectivity index (χ1n) is 12.7. The van der Waals surface area contributed by atoms with Gasteiger partial charge in [0.15, 0.2) is 0 Å². The molecular weight excluding hydrogens is 454 g/mol. The van der Waals surface area contributed by atoms with Gasteiger partial charge in [-0.3, -0.25) is 9.48 Å². The summed E-state index contributed by atoms with van der Waals surface area (Å²) in [6.45, 7) is 8.85. The van der Waals surface area contributed by atoms with E-state index in [1.165, 1.54) is 0 Å². The number of rotatable bonds is 7. The van der Waals surface area contributed by atoms with Crippen LogP contribution in [-0.2, 0) is 16.1 Å². The number of ether oxygens (including phenoxy) is 1. The summed E-state index contributed by atoms with van der Waals surface area (Å²) in [5.74, 6) is 0.886. The third kappa shape index (κ3) is 5.06. The molecule has 9 heteroatoms. The third-order valence-electron chi connectivity index (χ3n) is 7.21. The van der Waals surface area contributed by atoms with Gasteiger partial charge < -0.3 is 19.4 Å². The topological polar surface area (TPSA) is 79.6 Å². The maximum absolute atomic E-state index is 12.9. The van der Waals surface area contributed by atoms with Crippen molar-refractivity contribution in [3.63, 3.8) is 0 Å². The van der Waals surface area contributed by atoms with E-state index >= 15 is 0 Å². The Morgan fingerprint density at radius 3 is 2.50 bits per heavy atom. The molecule has 4 heterocycles. The van der Waals surface area contributed by atoms with Crippen molar-refractivity contribution in [1.82, 2.24) is 24.6 Å². The average molecular weight is 490 g/mol. The smallest absolute Gasteiger partial charge is 0.244 e. The minimum absolute atomic E-state index is 0.117. The lowest BCUT2D eigenvalue weighted by atomic mass is 10.1. The Hall–Kier alpha value is -3.46. The van der Waals surface area contributed by atoms with E-state index in [9.17, 15) is 4.79 Å². The predicted molar refractivity (Wildman–Crippen MR) is 140 cm³/mol. The molecular formula is C27H35N7O2. The Morgan fingerprint density at radius 1 is 1.06 bits per heavy atom. The van der Waals surface area contributed by atoms with Crippen molar-refractivity contribution >= 4 is 17.5 Å². The molecule has 5 rings (SSSR count). The number of carbonyl (C=O) groups is 1. The zero-order valence-electron chi connectivity index (χ0n) is 21.4. The molecule has 1 aromatic carbocycles. The van der Waals surface area contributed by atoms with Crippen LogP contribution in [0.4, 0.5) is 11.6 Å². The normalized spacial score (nSPS) is 18.2. The molecule has 2 aliphatic rings. The van der Waals surface area contributed by atoms with Gasteiger partial charge in [0.1, 0.15) is 6.54 Å². The molecule has 2 aliphatic heterocycles. The summed E-state index contributed by atoms with van der Waals surface area (Å²) >= 11 is 0. The van der Waals surface area contributed by atoms with Crippen LogP contribution in [0.2, 0.25) is 0 Å². The van der Waals surface area contributed by atoms with Crippen LogP contribution in [0.5, 0.6) is 0 Å². The number of methoxy groups -OCH3 is 1. The van der Waals surface area contributed by atoms with Gasteiger partial charge in [0, 0.05) is 74.7 Å². The van der Waals surface area contributed by atoms with Crippen LogP contribution in [0, 0.1) is 13.8 Å². The van der Waals surface area contributed by atoms with Gasteiger partial charge in [-0.15, -0.1) is 0 Å². The molecule has 3 aromatic rings. The molecule has 0 aliphatic carbocycles. The van der Waals surface area contributed by atoms with E-state index in [0.717, 1.165) is 66.6 Å². The number of carbonyl (C=O) groups excluding carboxylic acids is 1. The second kappa shape index (κ2) is 10.7. The number of hydrogen-bond acceptors (Lipinski definition) is 7. The zero-order valence-corrected chi connectivity index (χ0v) is 21.4. The van der Waals surface area contributed by atoms with Gasteiger partial charge in [0.25, 0.3) is 0 Å². The summed E-state index contributed by atoms with van der Waals surface area (Å²) in [4.78, 5) is 28.9. The summed E-state index contributed by atoms with van der Waals surface area (Å²) in [5.41, 5.74) is 5.22. The highest BCUT2D eigenvalue weighted by molar-refractivity contribution is 5.79.